The van der Waals surface area contributed by atoms with E-state index in [1.807, 2.05) is 6.07 Å². The number of carbonyl (C=O) groups is 2. The molecule has 134 valence electrons. The summed E-state index contributed by atoms with van der Waals surface area (Å²) in [5.74, 6) is 0.518. The standard InChI is InChI=1S/C19H30N2O2S/c1-3-15(4-2)19(16-10-9-13-24-16)20-17(22)14-21-12-8-6-5-7-11-18(21)23/h9-10,13,15,19H,3-8,11-12,14H2,1-2H3,(H,20,22). The van der Waals surface area contributed by atoms with Gasteiger partial charge in [-0.1, -0.05) is 45.6 Å². The highest BCUT2D eigenvalue weighted by molar-refractivity contribution is 7.10. The molecule has 2 amide bonds. The molecule has 5 heteroatoms. The zero-order valence-electron chi connectivity index (χ0n) is 14.9. The summed E-state index contributed by atoms with van der Waals surface area (Å²) in [5, 5.41) is 5.26. The van der Waals surface area contributed by atoms with Crippen LogP contribution in [0.1, 0.15) is 69.7 Å². The van der Waals surface area contributed by atoms with Crippen LogP contribution in [-0.2, 0) is 9.59 Å². The molecule has 0 spiro atoms. The van der Waals surface area contributed by atoms with Gasteiger partial charge in [-0.15, -0.1) is 11.3 Å². The van der Waals surface area contributed by atoms with E-state index in [4.69, 9.17) is 0 Å². The van der Waals surface area contributed by atoms with Crippen molar-refractivity contribution in [3.8, 4) is 0 Å². The van der Waals surface area contributed by atoms with E-state index in [9.17, 15) is 9.59 Å². The minimum atomic E-state index is -0.0331. The van der Waals surface area contributed by atoms with E-state index in [-0.39, 0.29) is 24.4 Å². The lowest BCUT2D eigenvalue weighted by Crippen LogP contribution is -2.43. The summed E-state index contributed by atoms with van der Waals surface area (Å²) in [6, 6.07) is 4.18. The topological polar surface area (TPSA) is 49.4 Å². The Labute approximate surface area is 149 Å². The molecule has 2 rings (SSSR count). The third-order valence-corrected chi connectivity index (χ3v) is 5.90. The average Bonchev–Trinajstić information content (AvgIpc) is 3.09. The molecule has 0 aromatic carbocycles. The lowest BCUT2D eigenvalue weighted by molar-refractivity contribution is -0.137. The molecule has 1 fully saturated rings. The minimum Gasteiger partial charge on any atom is -0.347 e. The number of nitrogens with one attached hydrogen (secondary N) is 1. The van der Waals surface area contributed by atoms with E-state index in [1.165, 1.54) is 4.88 Å². The molecule has 24 heavy (non-hydrogen) atoms. The van der Waals surface area contributed by atoms with Crippen molar-refractivity contribution in [1.29, 1.82) is 0 Å². The fourth-order valence-electron chi connectivity index (χ4n) is 3.42. The maximum Gasteiger partial charge on any atom is 0.240 e. The lowest BCUT2D eigenvalue weighted by Gasteiger charge is -2.28. The molecule has 1 aliphatic heterocycles. The van der Waals surface area contributed by atoms with E-state index in [1.54, 1.807) is 16.2 Å². The van der Waals surface area contributed by atoms with Crippen LogP contribution in [0.4, 0.5) is 0 Å². The predicted octanol–water partition coefficient (Wildman–Crippen LogP) is 4.13. The van der Waals surface area contributed by atoms with E-state index in [0.717, 1.165) is 38.5 Å². The third-order valence-electron chi connectivity index (χ3n) is 4.94. The highest BCUT2D eigenvalue weighted by Gasteiger charge is 2.25. The monoisotopic (exact) mass is 350 g/mol. The van der Waals surface area contributed by atoms with Crippen LogP contribution in [0.2, 0.25) is 0 Å². The van der Waals surface area contributed by atoms with Gasteiger partial charge >= 0.3 is 0 Å². The largest absolute Gasteiger partial charge is 0.347 e. The van der Waals surface area contributed by atoms with Crippen LogP contribution in [0.5, 0.6) is 0 Å². The molecule has 1 unspecified atom stereocenters. The van der Waals surface area contributed by atoms with Gasteiger partial charge in [-0.3, -0.25) is 9.59 Å². The highest BCUT2D eigenvalue weighted by atomic mass is 32.1. The van der Waals surface area contributed by atoms with Crippen molar-refractivity contribution in [2.75, 3.05) is 13.1 Å². The van der Waals surface area contributed by atoms with Crippen LogP contribution in [0, 0.1) is 5.92 Å². The van der Waals surface area contributed by atoms with Crippen LogP contribution in [-0.4, -0.2) is 29.8 Å². The second kappa shape index (κ2) is 9.82. The maximum atomic E-state index is 12.6. The Morgan fingerprint density at radius 1 is 1.25 bits per heavy atom. The molecule has 1 aromatic heterocycles. The van der Waals surface area contributed by atoms with Gasteiger partial charge in [0, 0.05) is 17.8 Å². The minimum absolute atomic E-state index is 0.0331. The summed E-state index contributed by atoms with van der Waals surface area (Å²) in [5.41, 5.74) is 0. The third kappa shape index (κ3) is 5.33. The Hall–Kier alpha value is -1.36. The van der Waals surface area contributed by atoms with Gasteiger partial charge in [0.25, 0.3) is 0 Å². The van der Waals surface area contributed by atoms with Crippen molar-refractivity contribution in [2.24, 2.45) is 5.92 Å². The number of thiophene rings is 1. The van der Waals surface area contributed by atoms with Crippen LogP contribution in [0.15, 0.2) is 17.5 Å². The Kier molecular flexibility index (Phi) is 7.76. The molecule has 1 aliphatic rings. The molecule has 1 N–H and O–H groups in total. The average molecular weight is 351 g/mol. The van der Waals surface area contributed by atoms with Gasteiger partial charge in [-0.2, -0.15) is 0 Å². The number of amides is 2. The first-order chi connectivity index (χ1) is 11.7. The molecular formula is C19H30N2O2S. The number of likely N-dealkylation sites (tertiary alicyclic amines) is 1. The van der Waals surface area contributed by atoms with Crippen LogP contribution >= 0.6 is 11.3 Å². The maximum absolute atomic E-state index is 12.6. The van der Waals surface area contributed by atoms with Gasteiger partial charge in [0.2, 0.25) is 11.8 Å². The molecule has 1 atom stereocenters. The van der Waals surface area contributed by atoms with Crippen LogP contribution < -0.4 is 5.32 Å². The molecule has 1 saturated heterocycles. The van der Waals surface area contributed by atoms with E-state index in [2.05, 4.69) is 30.6 Å². The molecule has 0 saturated carbocycles. The summed E-state index contributed by atoms with van der Waals surface area (Å²) in [4.78, 5) is 27.8. The smallest absolute Gasteiger partial charge is 0.240 e. The van der Waals surface area contributed by atoms with Crippen LogP contribution in [0.3, 0.4) is 0 Å². The number of hydrogen-bond donors (Lipinski definition) is 1. The lowest BCUT2D eigenvalue weighted by atomic mass is 9.93. The van der Waals surface area contributed by atoms with Crippen molar-refractivity contribution in [3.63, 3.8) is 0 Å². The van der Waals surface area contributed by atoms with E-state index >= 15 is 0 Å². The van der Waals surface area contributed by atoms with Gasteiger partial charge in [0.1, 0.15) is 0 Å². The summed E-state index contributed by atoms with van der Waals surface area (Å²) >= 11 is 1.69. The van der Waals surface area contributed by atoms with Gasteiger partial charge in [-0.05, 0) is 30.2 Å². The normalized spacial score (nSPS) is 17.5. The fourth-order valence-corrected chi connectivity index (χ4v) is 4.29. The second-order valence-electron chi connectivity index (χ2n) is 6.62. The van der Waals surface area contributed by atoms with Gasteiger partial charge in [-0.25, -0.2) is 0 Å². The first kappa shape index (κ1) is 19.0. The summed E-state index contributed by atoms with van der Waals surface area (Å²) in [6.45, 7) is 5.24. The fraction of sp³-hybridized carbons (Fsp3) is 0.684. The van der Waals surface area contributed by atoms with Crippen molar-refractivity contribution >= 4 is 23.2 Å². The zero-order chi connectivity index (χ0) is 17.4. The predicted molar refractivity (Wildman–Crippen MR) is 98.9 cm³/mol. The van der Waals surface area contributed by atoms with E-state index in [0.29, 0.717) is 18.9 Å². The van der Waals surface area contributed by atoms with Gasteiger partial charge in [0.05, 0.1) is 12.6 Å². The number of nitrogens with zero attached hydrogens (tertiary/aromatic N) is 1. The Morgan fingerprint density at radius 3 is 2.67 bits per heavy atom. The van der Waals surface area contributed by atoms with Crippen molar-refractivity contribution < 1.29 is 9.59 Å². The second-order valence-corrected chi connectivity index (χ2v) is 7.60. The van der Waals surface area contributed by atoms with E-state index < -0.39 is 0 Å². The number of rotatable bonds is 7. The molecular weight excluding hydrogens is 320 g/mol. The van der Waals surface area contributed by atoms with Gasteiger partial charge in [0.15, 0.2) is 0 Å². The van der Waals surface area contributed by atoms with Crippen LogP contribution in [0.25, 0.3) is 0 Å². The Morgan fingerprint density at radius 2 is 2.00 bits per heavy atom. The number of carbonyl (C=O) groups excluding carboxylic acids is 2. The molecule has 0 bridgehead atoms. The molecule has 4 nitrogen and oxygen atoms in total. The summed E-state index contributed by atoms with van der Waals surface area (Å²) in [6.07, 6.45) is 6.86. The molecule has 0 aliphatic carbocycles. The van der Waals surface area contributed by atoms with Crippen molar-refractivity contribution in [3.05, 3.63) is 22.4 Å². The molecule has 2 heterocycles. The van der Waals surface area contributed by atoms with Gasteiger partial charge < -0.3 is 10.2 Å². The molecule has 0 radical (unpaired) electrons. The number of hydrogen-bond acceptors (Lipinski definition) is 3. The first-order valence-corrected chi connectivity index (χ1v) is 10.1. The Bertz CT molecular complexity index is 511. The SMILES string of the molecule is CCC(CC)C(NC(=O)CN1CCCCCCC1=O)c1cccs1. The molecule has 1 aromatic rings. The van der Waals surface area contributed by atoms with Crippen molar-refractivity contribution in [2.45, 2.75) is 64.8 Å². The summed E-state index contributed by atoms with van der Waals surface area (Å²) < 4.78 is 0. The first-order valence-electron chi connectivity index (χ1n) is 9.26. The summed E-state index contributed by atoms with van der Waals surface area (Å²) in [7, 11) is 0. The zero-order valence-corrected chi connectivity index (χ0v) is 15.7. The highest BCUT2D eigenvalue weighted by Crippen LogP contribution is 2.30. The van der Waals surface area contributed by atoms with Crippen molar-refractivity contribution in [1.82, 2.24) is 10.2 Å². The quantitative estimate of drug-likeness (QED) is 0.803. The Balaban J connectivity index is 2.00.